The molecule has 4 atom stereocenters. The molecule has 3 aliphatic rings. The van der Waals surface area contributed by atoms with E-state index in [-0.39, 0.29) is 55.0 Å². The molecule has 13 heavy (non-hydrogen) atoms. The quantitative estimate of drug-likeness (QED) is 0.310. The van der Waals surface area contributed by atoms with Crippen molar-refractivity contribution in [3.63, 3.8) is 0 Å². The third-order valence-electron chi connectivity index (χ3n) is 3.46. The largest absolute Gasteiger partial charge is 2.00 e. The van der Waals surface area contributed by atoms with Crippen LogP contribution in [0.25, 0.3) is 0 Å². The maximum absolute atomic E-state index is 2.44. The topological polar surface area (TPSA) is 0 Å². The van der Waals surface area contributed by atoms with Gasteiger partial charge in [-0.15, -0.1) is 0 Å². The van der Waals surface area contributed by atoms with Gasteiger partial charge in [0.05, 0.1) is 0 Å². The summed E-state index contributed by atoms with van der Waals surface area (Å²) in [7, 11) is 0. The molecule has 3 rings (SSSR count). The van der Waals surface area contributed by atoms with E-state index < -0.39 is 0 Å². The van der Waals surface area contributed by atoms with E-state index >= 15 is 0 Å². The Bertz CT molecular complexity index is 225. The minimum atomic E-state index is 0. The van der Waals surface area contributed by atoms with Crippen molar-refractivity contribution in [1.29, 1.82) is 0 Å². The van der Waals surface area contributed by atoms with E-state index in [1.807, 2.05) is 0 Å². The molecule has 0 spiro atoms. The van der Waals surface area contributed by atoms with Gasteiger partial charge in [-0.05, 0) is 36.5 Å². The molecule has 1 fully saturated rings. The standard InChI is InChI=1S/C10H12.2BrH.Pt/c1-2-9-7-4-5-8(6-7)10(9)3-1;;;/h1-2,4-5,7-10H,3,6H2;2*1H;/q;;;+2/p-2. The molecule has 0 saturated heterocycles. The average molecular weight is 487 g/mol. The summed E-state index contributed by atoms with van der Waals surface area (Å²) in [5.74, 6) is 3.82. The summed E-state index contributed by atoms with van der Waals surface area (Å²) in [6.07, 6.45) is 12.5. The molecule has 76 valence electrons. The van der Waals surface area contributed by atoms with Gasteiger partial charge in [-0.3, -0.25) is 0 Å². The average Bonchev–Trinajstić information content (AvgIpc) is 2.60. The van der Waals surface area contributed by atoms with Crippen LogP contribution in [0.1, 0.15) is 12.8 Å². The van der Waals surface area contributed by atoms with Crippen molar-refractivity contribution in [2.24, 2.45) is 23.7 Å². The van der Waals surface area contributed by atoms with Crippen LogP contribution in [-0.4, -0.2) is 0 Å². The van der Waals surface area contributed by atoms with Gasteiger partial charge in [-0.1, -0.05) is 24.3 Å². The Morgan fingerprint density at radius 1 is 0.923 bits per heavy atom. The third kappa shape index (κ3) is 2.05. The fraction of sp³-hybridized carbons (Fsp3) is 0.600. The third-order valence-corrected chi connectivity index (χ3v) is 3.46. The van der Waals surface area contributed by atoms with Crippen LogP contribution in [0.5, 0.6) is 0 Å². The molecule has 0 heterocycles. The summed E-state index contributed by atoms with van der Waals surface area (Å²) in [6.45, 7) is 0. The maximum Gasteiger partial charge on any atom is 2.00 e. The predicted octanol–water partition coefficient (Wildman–Crippen LogP) is -3.61. The van der Waals surface area contributed by atoms with Gasteiger partial charge in [0.1, 0.15) is 0 Å². The Hall–Kier alpha value is 1.13. The van der Waals surface area contributed by atoms with Crippen LogP contribution in [0.2, 0.25) is 0 Å². The molecule has 0 aromatic rings. The first kappa shape index (κ1) is 14.1. The molecule has 4 unspecified atom stereocenters. The van der Waals surface area contributed by atoms with E-state index in [4.69, 9.17) is 0 Å². The van der Waals surface area contributed by atoms with Crippen molar-refractivity contribution in [2.45, 2.75) is 12.8 Å². The molecular weight excluding hydrogens is 475 g/mol. The van der Waals surface area contributed by atoms with E-state index in [1.165, 1.54) is 12.8 Å². The van der Waals surface area contributed by atoms with Crippen molar-refractivity contribution >= 4 is 0 Å². The molecule has 0 nitrogen and oxygen atoms in total. The molecule has 2 bridgehead atoms. The van der Waals surface area contributed by atoms with Gasteiger partial charge in [-0.2, -0.15) is 0 Å². The van der Waals surface area contributed by atoms with E-state index in [2.05, 4.69) is 24.3 Å². The van der Waals surface area contributed by atoms with Gasteiger partial charge in [0.25, 0.3) is 0 Å². The summed E-state index contributed by atoms with van der Waals surface area (Å²) in [4.78, 5) is 0. The van der Waals surface area contributed by atoms with E-state index in [1.54, 1.807) is 0 Å². The Kier molecular flexibility index (Phi) is 5.74. The number of fused-ring (bicyclic) bond motifs is 5. The Morgan fingerprint density at radius 2 is 1.62 bits per heavy atom. The van der Waals surface area contributed by atoms with Crippen molar-refractivity contribution in [1.82, 2.24) is 0 Å². The number of halogens is 2. The van der Waals surface area contributed by atoms with Crippen molar-refractivity contribution in [2.75, 3.05) is 0 Å². The van der Waals surface area contributed by atoms with Crippen molar-refractivity contribution in [3.8, 4) is 0 Å². The smallest absolute Gasteiger partial charge is 1.00 e. The molecule has 0 aliphatic heterocycles. The monoisotopic (exact) mass is 485 g/mol. The zero-order valence-corrected chi connectivity index (χ0v) is 12.5. The number of hydrogen-bond donors (Lipinski definition) is 0. The summed E-state index contributed by atoms with van der Waals surface area (Å²) in [6, 6.07) is 0. The second-order valence-corrected chi connectivity index (χ2v) is 3.85. The van der Waals surface area contributed by atoms with Gasteiger partial charge in [-0.25, -0.2) is 0 Å². The molecule has 0 aromatic carbocycles. The van der Waals surface area contributed by atoms with Gasteiger partial charge in [0, 0.05) is 0 Å². The summed E-state index contributed by atoms with van der Waals surface area (Å²) in [5.41, 5.74) is 0. The number of rotatable bonds is 0. The van der Waals surface area contributed by atoms with E-state index in [0.29, 0.717) is 0 Å². The molecule has 3 aliphatic carbocycles. The summed E-state index contributed by atoms with van der Waals surface area (Å²) < 4.78 is 0. The first-order chi connectivity index (χ1) is 4.95. The van der Waals surface area contributed by atoms with Gasteiger partial charge in [0.15, 0.2) is 0 Å². The first-order valence-electron chi connectivity index (χ1n) is 4.30. The maximum atomic E-state index is 2.44. The normalized spacial score (nSPS) is 41.8. The molecular formula is C10H12Br2Pt. The number of hydrogen-bond acceptors (Lipinski definition) is 0. The fourth-order valence-corrected chi connectivity index (χ4v) is 2.97. The van der Waals surface area contributed by atoms with Crippen LogP contribution in [0, 0.1) is 23.7 Å². The molecule has 0 aromatic heterocycles. The van der Waals surface area contributed by atoms with Crippen molar-refractivity contribution < 1.29 is 55.0 Å². The molecule has 1 saturated carbocycles. The van der Waals surface area contributed by atoms with E-state index in [9.17, 15) is 0 Å². The Labute approximate surface area is 115 Å². The van der Waals surface area contributed by atoms with Crippen LogP contribution in [-0.2, 0) is 21.1 Å². The second-order valence-electron chi connectivity index (χ2n) is 3.85. The van der Waals surface area contributed by atoms with Crippen molar-refractivity contribution in [3.05, 3.63) is 24.3 Å². The minimum absolute atomic E-state index is 0. The molecule has 0 radical (unpaired) electrons. The summed E-state index contributed by atoms with van der Waals surface area (Å²) in [5, 5.41) is 0. The Balaban J connectivity index is 0.000000480. The predicted molar refractivity (Wildman–Crippen MR) is 41.5 cm³/mol. The number of allylic oxidation sites excluding steroid dienone is 4. The molecule has 0 N–H and O–H groups in total. The SMILES string of the molecule is C1=CC2C3C=CC(C3)C2C1.[Br-].[Br-].[Pt+2]. The zero-order valence-electron chi connectivity index (χ0n) is 7.11. The van der Waals surface area contributed by atoms with Crippen LogP contribution >= 0.6 is 0 Å². The van der Waals surface area contributed by atoms with Crippen LogP contribution < -0.4 is 34.0 Å². The zero-order chi connectivity index (χ0) is 6.55. The van der Waals surface area contributed by atoms with Gasteiger partial charge in [0.2, 0.25) is 0 Å². The van der Waals surface area contributed by atoms with Crippen LogP contribution in [0.15, 0.2) is 24.3 Å². The minimum Gasteiger partial charge on any atom is -1.00 e. The second kappa shape index (κ2) is 5.28. The molecule has 0 amide bonds. The van der Waals surface area contributed by atoms with Crippen LogP contribution in [0.4, 0.5) is 0 Å². The van der Waals surface area contributed by atoms with Gasteiger partial charge < -0.3 is 34.0 Å². The fourth-order valence-electron chi connectivity index (χ4n) is 2.97. The van der Waals surface area contributed by atoms with E-state index in [0.717, 1.165) is 23.7 Å². The summed E-state index contributed by atoms with van der Waals surface area (Å²) >= 11 is 0. The Morgan fingerprint density at radius 3 is 2.31 bits per heavy atom. The first-order valence-corrected chi connectivity index (χ1v) is 4.30. The van der Waals surface area contributed by atoms with Crippen LogP contribution in [0.3, 0.4) is 0 Å². The molecule has 3 heteroatoms. The van der Waals surface area contributed by atoms with Gasteiger partial charge >= 0.3 is 21.1 Å².